The van der Waals surface area contributed by atoms with E-state index in [0.29, 0.717) is 0 Å². The summed E-state index contributed by atoms with van der Waals surface area (Å²) in [6, 6.07) is 0.768. The molecule has 0 spiro atoms. The minimum atomic E-state index is -3.16. The van der Waals surface area contributed by atoms with Gasteiger partial charge in [0.2, 0.25) is 5.69 Å². The number of nitro groups is 1. The second kappa shape index (κ2) is 4.35. The Morgan fingerprint density at radius 3 is 2.56 bits per heavy atom. The van der Waals surface area contributed by atoms with E-state index in [0.717, 1.165) is 6.07 Å². The molecule has 2 N–H and O–H groups in total. The van der Waals surface area contributed by atoms with Gasteiger partial charge in [-0.1, -0.05) is 0 Å². The van der Waals surface area contributed by atoms with Crippen LogP contribution in [0.25, 0.3) is 0 Å². The lowest BCUT2D eigenvalue weighted by molar-refractivity contribution is -0.391. The van der Waals surface area contributed by atoms with Gasteiger partial charge in [0.05, 0.1) is 5.69 Å². The van der Waals surface area contributed by atoms with Crippen LogP contribution >= 0.6 is 11.6 Å². The first-order valence-electron chi connectivity index (χ1n) is 3.77. The number of nitrogen functional groups attached to an aromatic ring is 1. The zero-order valence-electron chi connectivity index (χ0n) is 7.49. The number of rotatable bonds is 3. The van der Waals surface area contributed by atoms with E-state index in [1.165, 1.54) is 0 Å². The lowest BCUT2D eigenvalue weighted by Gasteiger charge is -2.04. The highest BCUT2D eigenvalue weighted by Gasteiger charge is 2.29. The molecule has 0 fully saturated rings. The number of aromatic nitrogens is 1. The maximum Gasteiger partial charge on any atom is 0.375 e. The van der Waals surface area contributed by atoms with Crippen LogP contribution in [0.4, 0.5) is 20.3 Å². The smallest absolute Gasteiger partial charge is 0.375 e. The van der Waals surface area contributed by atoms with Gasteiger partial charge in [0.25, 0.3) is 11.7 Å². The number of carbonyl (C=O) groups excluding carboxylic acids is 1. The van der Waals surface area contributed by atoms with Gasteiger partial charge in [-0.25, -0.2) is 8.78 Å². The van der Waals surface area contributed by atoms with Crippen LogP contribution in [0.5, 0.6) is 0 Å². The molecule has 0 amide bonds. The largest absolute Gasteiger partial charge is 0.398 e. The topological polar surface area (TPSA) is 99.1 Å². The van der Waals surface area contributed by atoms with Crippen LogP contribution in [0.2, 0.25) is 0 Å². The van der Waals surface area contributed by atoms with Crippen LogP contribution in [-0.4, -0.2) is 15.1 Å². The quantitative estimate of drug-likeness (QED) is 0.502. The van der Waals surface area contributed by atoms with Crippen LogP contribution < -0.4 is 5.73 Å². The highest BCUT2D eigenvalue weighted by molar-refractivity contribution is 6.67. The molecular formula is C7H4ClF2N3O3. The molecule has 1 heterocycles. The predicted octanol–water partition coefficient (Wildman–Crippen LogP) is 1.89. The zero-order chi connectivity index (χ0) is 12.5. The molecule has 1 aromatic rings. The number of carbonyl (C=O) groups is 1. The minimum Gasteiger partial charge on any atom is -0.398 e. The van der Waals surface area contributed by atoms with Crippen molar-refractivity contribution in [2.75, 3.05) is 5.73 Å². The summed E-state index contributed by atoms with van der Waals surface area (Å²) in [6.07, 6.45) is -3.16. The summed E-state index contributed by atoms with van der Waals surface area (Å²) in [4.78, 5) is 23.1. The van der Waals surface area contributed by atoms with Gasteiger partial charge in [-0.05, 0) is 21.5 Å². The van der Waals surface area contributed by atoms with Crippen molar-refractivity contribution in [1.82, 2.24) is 4.98 Å². The van der Waals surface area contributed by atoms with Crippen LogP contribution in [-0.2, 0) is 0 Å². The van der Waals surface area contributed by atoms with E-state index >= 15 is 0 Å². The Bertz CT molecular complexity index is 466. The summed E-state index contributed by atoms with van der Waals surface area (Å²) >= 11 is 5.02. The van der Waals surface area contributed by atoms with E-state index in [2.05, 4.69) is 4.98 Å². The molecule has 16 heavy (non-hydrogen) atoms. The average molecular weight is 252 g/mol. The molecule has 0 bridgehead atoms. The third kappa shape index (κ3) is 2.22. The van der Waals surface area contributed by atoms with E-state index in [1.54, 1.807) is 0 Å². The standard InChI is InChI=1S/C7H4ClF2N3O3/c8-5(14)3-1-2(11)4(6(9)10)7(12-3)13(15)16/h1,6H,(H2,11,12). The number of pyridine rings is 1. The van der Waals surface area contributed by atoms with Crippen molar-refractivity contribution in [3.05, 3.63) is 27.4 Å². The molecule has 0 saturated heterocycles. The van der Waals surface area contributed by atoms with Crippen molar-refractivity contribution < 1.29 is 18.5 Å². The van der Waals surface area contributed by atoms with E-state index < -0.39 is 39.4 Å². The summed E-state index contributed by atoms with van der Waals surface area (Å²) in [5.74, 6) is -1.17. The monoisotopic (exact) mass is 251 g/mol. The van der Waals surface area contributed by atoms with E-state index in [1.807, 2.05) is 0 Å². The van der Waals surface area contributed by atoms with Gasteiger partial charge >= 0.3 is 5.82 Å². The van der Waals surface area contributed by atoms with Crippen molar-refractivity contribution in [1.29, 1.82) is 0 Å². The number of nitrogens with two attached hydrogens (primary N) is 1. The lowest BCUT2D eigenvalue weighted by Crippen LogP contribution is -2.07. The van der Waals surface area contributed by atoms with E-state index in [-0.39, 0.29) is 0 Å². The van der Waals surface area contributed by atoms with Crippen LogP contribution in [0, 0.1) is 10.1 Å². The van der Waals surface area contributed by atoms with Gasteiger partial charge in [-0.3, -0.25) is 4.79 Å². The van der Waals surface area contributed by atoms with E-state index in [4.69, 9.17) is 17.3 Å². The molecule has 0 unspecified atom stereocenters. The second-order valence-electron chi connectivity index (χ2n) is 2.67. The Morgan fingerprint density at radius 2 is 2.19 bits per heavy atom. The van der Waals surface area contributed by atoms with Crippen molar-refractivity contribution in [3.8, 4) is 0 Å². The van der Waals surface area contributed by atoms with Crippen molar-refractivity contribution in [3.63, 3.8) is 0 Å². The molecule has 0 aliphatic rings. The van der Waals surface area contributed by atoms with Crippen LogP contribution in [0.3, 0.4) is 0 Å². The molecule has 0 aliphatic carbocycles. The number of hydrogen-bond acceptors (Lipinski definition) is 5. The third-order valence-corrected chi connectivity index (χ3v) is 1.86. The first-order chi connectivity index (χ1) is 7.34. The molecule has 1 aromatic heterocycles. The van der Waals surface area contributed by atoms with Crippen molar-refractivity contribution in [2.45, 2.75) is 6.43 Å². The molecule has 0 atom stereocenters. The number of nitrogens with zero attached hydrogens (tertiary/aromatic N) is 2. The van der Waals surface area contributed by atoms with Gasteiger partial charge in [-0.15, -0.1) is 0 Å². The number of anilines is 1. The normalized spacial score (nSPS) is 10.5. The van der Waals surface area contributed by atoms with Gasteiger partial charge < -0.3 is 15.8 Å². The molecule has 0 radical (unpaired) electrons. The fourth-order valence-corrected chi connectivity index (χ4v) is 1.12. The predicted molar refractivity (Wildman–Crippen MR) is 50.4 cm³/mol. The maximum absolute atomic E-state index is 12.4. The molecule has 1 rings (SSSR count). The highest BCUT2D eigenvalue weighted by Crippen LogP contribution is 2.32. The third-order valence-electron chi connectivity index (χ3n) is 1.66. The van der Waals surface area contributed by atoms with Crippen molar-refractivity contribution >= 4 is 28.3 Å². The Balaban J connectivity index is 3.52. The summed E-state index contributed by atoms with van der Waals surface area (Å²) < 4.78 is 24.9. The van der Waals surface area contributed by atoms with E-state index in [9.17, 15) is 23.7 Å². The second-order valence-corrected chi connectivity index (χ2v) is 3.01. The molecule has 9 heteroatoms. The maximum atomic E-state index is 12.4. The number of hydrogen-bond donors (Lipinski definition) is 1. The molecule has 0 aromatic carbocycles. The van der Waals surface area contributed by atoms with Crippen LogP contribution in [0.1, 0.15) is 22.5 Å². The first-order valence-corrected chi connectivity index (χ1v) is 4.15. The fourth-order valence-electron chi connectivity index (χ4n) is 1.02. The fraction of sp³-hybridized carbons (Fsp3) is 0.143. The number of alkyl halides is 2. The Hall–Kier alpha value is -1.83. The zero-order valence-corrected chi connectivity index (χ0v) is 8.24. The Kier molecular flexibility index (Phi) is 3.33. The Labute approximate surface area is 92.2 Å². The van der Waals surface area contributed by atoms with Crippen molar-refractivity contribution in [2.24, 2.45) is 0 Å². The minimum absolute atomic E-state index is 0.546. The molecule has 0 aliphatic heterocycles. The SMILES string of the molecule is Nc1cc(C(=O)Cl)nc([N+](=O)[O-])c1C(F)F. The summed E-state index contributed by atoms with van der Waals surface area (Å²) in [6.45, 7) is 0. The summed E-state index contributed by atoms with van der Waals surface area (Å²) in [5.41, 5.74) is 3.00. The molecule has 6 nitrogen and oxygen atoms in total. The highest BCUT2D eigenvalue weighted by atomic mass is 35.5. The Morgan fingerprint density at radius 1 is 1.62 bits per heavy atom. The summed E-state index contributed by atoms with van der Waals surface area (Å²) in [7, 11) is 0. The summed E-state index contributed by atoms with van der Waals surface area (Å²) in [5, 5.41) is 9.34. The lowest BCUT2D eigenvalue weighted by atomic mass is 10.2. The molecule has 0 saturated carbocycles. The van der Waals surface area contributed by atoms with Gasteiger partial charge in [-0.2, -0.15) is 0 Å². The van der Waals surface area contributed by atoms with Gasteiger partial charge in [0, 0.05) is 6.07 Å². The van der Waals surface area contributed by atoms with Gasteiger partial charge in [0.15, 0.2) is 0 Å². The molecular weight excluding hydrogens is 248 g/mol. The molecule has 86 valence electrons. The van der Waals surface area contributed by atoms with Gasteiger partial charge in [0.1, 0.15) is 5.56 Å². The van der Waals surface area contributed by atoms with Crippen LogP contribution in [0.15, 0.2) is 6.07 Å². The first kappa shape index (κ1) is 12.2. The number of halogens is 3. The average Bonchev–Trinajstić information content (AvgIpc) is 2.15.